The van der Waals surface area contributed by atoms with Crippen LogP contribution in [0.5, 0.6) is 0 Å². The van der Waals surface area contributed by atoms with Crippen molar-refractivity contribution in [3.05, 3.63) is 24.0 Å². The van der Waals surface area contributed by atoms with E-state index in [1.807, 2.05) is 19.9 Å². The second-order valence-electron chi connectivity index (χ2n) is 5.98. The molecule has 0 aromatic rings. The minimum atomic E-state index is -0.0257. The fraction of sp³-hybridized carbons (Fsp3) is 0.611. The van der Waals surface area contributed by atoms with E-state index in [1.165, 1.54) is 12.8 Å². The zero-order chi connectivity index (χ0) is 17.4. The number of allylic oxidation sites excluding steroid dienone is 2. The standard InChI is InChI=1S/C18H28N2O2S/c1-6-7-8-13(2)18(23)16(5)19-14(3)11-15(4)20-9-10-22-12-17(20)21/h11,13H,3,6-10,12H2,1-2,4-5H3/b15-11+,19-16?. The molecule has 5 heteroatoms. The van der Waals surface area contributed by atoms with Gasteiger partial charge in [-0.3, -0.25) is 9.79 Å². The molecule has 0 saturated carbocycles. The van der Waals surface area contributed by atoms with Crippen LogP contribution < -0.4 is 0 Å². The van der Waals surface area contributed by atoms with Crippen LogP contribution in [-0.4, -0.2) is 41.1 Å². The molecule has 4 nitrogen and oxygen atoms in total. The lowest BCUT2D eigenvalue weighted by atomic mass is 9.98. The highest BCUT2D eigenvalue weighted by Gasteiger charge is 2.19. The maximum Gasteiger partial charge on any atom is 0.252 e. The van der Waals surface area contributed by atoms with Crippen molar-refractivity contribution in [1.29, 1.82) is 0 Å². The van der Waals surface area contributed by atoms with Gasteiger partial charge in [0.2, 0.25) is 0 Å². The average molecular weight is 337 g/mol. The summed E-state index contributed by atoms with van der Waals surface area (Å²) in [5.74, 6) is 0.328. The van der Waals surface area contributed by atoms with Gasteiger partial charge >= 0.3 is 0 Å². The number of unbranched alkanes of at least 4 members (excludes halogenated alkanes) is 1. The highest BCUT2D eigenvalue weighted by atomic mass is 32.1. The molecule has 0 radical (unpaired) electrons. The minimum absolute atomic E-state index is 0.0257. The maximum absolute atomic E-state index is 11.8. The molecule has 1 atom stereocenters. The van der Waals surface area contributed by atoms with Crippen molar-refractivity contribution in [3.8, 4) is 0 Å². The maximum atomic E-state index is 11.8. The lowest BCUT2D eigenvalue weighted by molar-refractivity contribution is -0.139. The first kappa shape index (κ1) is 19.7. The Bertz CT molecular complexity index is 523. The molecule has 0 aromatic carbocycles. The predicted molar refractivity (Wildman–Crippen MR) is 99.8 cm³/mol. The molecule has 1 aliphatic heterocycles. The number of carbonyl (C=O) groups is 1. The van der Waals surface area contributed by atoms with Crippen LogP contribution >= 0.6 is 12.2 Å². The molecule has 0 aromatic heterocycles. The summed E-state index contributed by atoms with van der Waals surface area (Å²) >= 11 is 5.51. The van der Waals surface area contributed by atoms with Crippen LogP contribution in [0.2, 0.25) is 0 Å². The number of aliphatic imine (C=N–C) groups is 1. The van der Waals surface area contributed by atoms with E-state index < -0.39 is 0 Å². The van der Waals surface area contributed by atoms with Gasteiger partial charge in [-0.1, -0.05) is 45.5 Å². The van der Waals surface area contributed by atoms with Crippen molar-refractivity contribution in [2.45, 2.75) is 47.0 Å². The molecule has 1 rings (SSSR count). The van der Waals surface area contributed by atoms with Gasteiger partial charge in [0.15, 0.2) is 0 Å². The van der Waals surface area contributed by atoms with Crippen molar-refractivity contribution >= 4 is 28.7 Å². The second-order valence-corrected chi connectivity index (χ2v) is 6.42. The van der Waals surface area contributed by atoms with Gasteiger partial charge in [-0.2, -0.15) is 0 Å². The van der Waals surface area contributed by atoms with Crippen molar-refractivity contribution in [1.82, 2.24) is 4.90 Å². The van der Waals surface area contributed by atoms with Gasteiger partial charge in [-0.05, 0) is 32.3 Å². The number of ether oxygens (including phenoxy) is 1. The van der Waals surface area contributed by atoms with Crippen molar-refractivity contribution in [2.24, 2.45) is 10.9 Å². The summed E-state index contributed by atoms with van der Waals surface area (Å²) in [5, 5.41) is 0. The van der Waals surface area contributed by atoms with Gasteiger partial charge in [0.05, 0.1) is 18.0 Å². The van der Waals surface area contributed by atoms with E-state index in [9.17, 15) is 4.79 Å². The van der Waals surface area contributed by atoms with Crippen LogP contribution in [0.4, 0.5) is 0 Å². The van der Waals surface area contributed by atoms with Crippen LogP contribution in [0.1, 0.15) is 47.0 Å². The zero-order valence-electron chi connectivity index (χ0n) is 14.7. The molecule has 0 spiro atoms. The number of nitrogens with zero attached hydrogens (tertiary/aromatic N) is 2. The molecule has 128 valence electrons. The Morgan fingerprint density at radius 3 is 2.83 bits per heavy atom. The summed E-state index contributed by atoms with van der Waals surface area (Å²) in [7, 11) is 0. The molecule has 1 saturated heterocycles. The Morgan fingerprint density at radius 1 is 1.52 bits per heavy atom. The quantitative estimate of drug-likeness (QED) is 0.383. The number of carbonyl (C=O) groups excluding carboxylic acids is 1. The first-order valence-electron chi connectivity index (χ1n) is 8.21. The van der Waals surface area contributed by atoms with Gasteiger partial charge in [-0.15, -0.1) is 0 Å². The minimum Gasteiger partial charge on any atom is -0.370 e. The molecule has 1 aliphatic rings. The van der Waals surface area contributed by atoms with Crippen LogP contribution in [0.15, 0.2) is 29.0 Å². The fourth-order valence-electron chi connectivity index (χ4n) is 2.51. The smallest absolute Gasteiger partial charge is 0.252 e. The zero-order valence-corrected chi connectivity index (χ0v) is 15.5. The summed E-state index contributed by atoms with van der Waals surface area (Å²) in [6.07, 6.45) is 5.26. The molecular weight excluding hydrogens is 308 g/mol. The van der Waals surface area contributed by atoms with E-state index in [0.717, 1.165) is 22.7 Å². The summed E-state index contributed by atoms with van der Waals surface area (Å²) in [4.78, 5) is 18.9. The molecule has 0 aliphatic carbocycles. The monoisotopic (exact) mass is 336 g/mol. The molecule has 1 fully saturated rings. The third-order valence-corrected chi connectivity index (χ3v) is 4.59. The Morgan fingerprint density at radius 2 is 2.22 bits per heavy atom. The van der Waals surface area contributed by atoms with E-state index in [4.69, 9.17) is 17.0 Å². The van der Waals surface area contributed by atoms with E-state index in [2.05, 4.69) is 25.4 Å². The van der Waals surface area contributed by atoms with Gasteiger partial charge in [0, 0.05) is 17.1 Å². The lowest BCUT2D eigenvalue weighted by Gasteiger charge is -2.27. The Kier molecular flexibility index (Phi) is 8.34. The first-order chi connectivity index (χ1) is 10.9. The first-order valence-corrected chi connectivity index (χ1v) is 8.62. The number of morpholine rings is 1. The van der Waals surface area contributed by atoms with Gasteiger partial charge in [0.25, 0.3) is 5.91 Å². The van der Waals surface area contributed by atoms with Crippen LogP contribution in [0.25, 0.3) is 0 Å². The number of hydrogen-bond donors (Lipinski definition) is 0. The average Bonchev–Trinajstić information content (AvgIpc) is 2.51. The molecule has 1 amide bonds. The van der Waals surface area contributed by atoms with Crippen LogP contribution in [0.3, 0.4) is 0 Å². The van der Waals surface area contributed by atoms with Crippen molar-refractivity contribution in [2.75, 3.05) is 19.8 Å². The summed E-state index contributed by atoms with van der Waals surface area (Å²) in [5.41, 5.74) is 2.29. The third-order valence-electron chi connectivity index (χ3n) is 3.89. The molecule has 23 heavy (non-hydrogen) atoms. The Labute approximate surface area is 145 Å². The van der Waals surface area contributed by atoms with Gasteiger partial charge in [-0.25, -0.2) is 0 Å². The summed E-state index contributed by atoms with van der Waals surface area (Å²) < 4.78 is 5.14. The molecule has 0 N–H and O–H groups in total. The SMILES string of the molecule is C=C(/C=C(\C)N1CCOCC1=O)N=C(C)C(=S)C(C)CCCC. The molecule has 1 heterocycles. The van der Waals surface area contributed by atoms with Crippen molar-refractivity contribution < 1.29 is 9.53 Å². The highest BCUT2D eigenvalue weighted by Crippen LogP contribution is 2.14. The van der Waals surface area contributed by atoms with Gasteiger partial charge < -0.3 is 9.64 Å². The van der Waals surface area contributed by atoms with E-state index in [1.54, 1.807) is 4.90 Å². The summed E-state index contributed by atoms with van der Waals surface area (Å²) in [6.45, 7) is 13.4. The van der Waals surface area contributed by atoms with Crippen molar-refractivity contribution in [3.63, 3.8) is 0 Å². The topological polar surface area (TPSA) is 41.9 Å². The number of amides is 1. The number of hydrogen-bond acceptors (Lipinski definition) is 4. The number of thiocarbonyl (C=S) groups is 1. The normalized spacial score (nSPS) is 18.1. The Hall–Kier alpha value is -1.33. The number of rotatable bonds is 8. The van der Waals surface area contributed by atoms with E-state index >= 15 is 0 Å². The molecule has 0 bridgehead atoms. The van der Waals surface area contributed by atoms with Gasteiger partial charge in [0.1, 0.15) is 6.61 Å². The van der Waals surface area contributed by atoms with E-state index in [-0.39, 0.29) is 12.5 Å². The lowest BCUT2D eigenvalue weighted by Crippen LogP contribution is -2.40. The van der Waals surface area contributed by atoms with E-state index in [0.29, 0.717) is 24.8 Å². The largest absolute Gasteiger partial charge is 0.370 e. The molecule has 1 unspecified atom stereocenters. The predicted octanol–water partition coefficient (Wildman–Crippen LogP) is 3.92. The highest BCUT2D eigenvalue weighted by molar-refractivity contribution is 7.82. The fourth-order valence-corrected chi connectivity index (χ4v) is 2.67. The molecular formula is C18H28N2O2S. The summed E-state index contributed by atoms with van der Waals surface area (Å²) in [6, 6.07) is 0. The van der Waals surface area contributed by atoms with Crippen LogP contribution in [0, 0.1) is 5.92 Å². The second kappa shape index (κ2) is 9.73. The third kappa shape index (κ3) is 6.36. The van der Waals surface area contributed by atoms with Crippen LogP contribution in [-0.2, 0) is 9.53 Å². The Balaban J connectivity index is 2.70.